The average Bonchev–Trinajstić information content (AvgIpc) is 2.53. The minimum atomic E-state index is -0.562. The summed E-state index contributed by atoms with van der Waals surface area (Å²) in [5.74, 6) is 0.253. The highest BCUT2D eigenvalue weighted by Gasteiger charge is 2.15. The molecule has 0 aromatic heterocycles. The van der Waals surface area contributed by atoms with Gasteiger partial charge in [0.15, 0.2) is 12.4 Å². The molecule has 23 heavy (non-hydrogen) atoms. The topological polar surface area (TPSA) is 90.7 Å². The van der Waals surface area contributed by atoms with Crippen molar-refractivity contribution >= 4 is 33.2 Å². The van der Waals surface area contributed by atoms with Gasteiger partial charge in [-0.3, -0.25) is 14.9 Å². The van der Waals surface area contributed by atoms with E-state index in [9.17, 15) is 14.9 Å². The summed E-state index contributed by atoms with van der Waals surface area (Å²) >= 11 is 3.32. The standard InChI is InChI=1S/C15H13BrN2O5/c1-22-13-7-6-10(8-11(13)16)17-15(19)9-23-14-5-3-2-4-12(14)18(20)21/h2-8H,9H2,1H3,(H,17,19). The number of hydrogen-bond donors (Lipinski definition) is 1. The number of amides is 1. The highest BCUT2D eigenvalue weighted by atomic mass is 79.9. The molecule has 1 N–H and O–H groups in total. The highest BCUT2D eigenvalue weighted by Crippen LogP contribution is 2.28. The summed E-state index contributed by atoms with van der Waals surface area (Å²) in [6.45, 7) is -0.339. The highest BCUT2D eigenvalue weighted by molar-refractivity contribution is 9.10. The molecular formula is C15H13BrN2O5. The van der Waals surface area contributed by atoms with Gasteiger partial charge in [0.05, 0.1) is 16.5 Å². The summed E-state index contributed by atoms with van der Waals surface area (Å²) in [6.07, 6.45) is 0. The van der Waals surface area contributed by atoms with Gasteiger partial charge >= 0.3 is 5.69 Å². The van der Waals surface area contributed by atoms with E-state index in [1.165, 1.54) is 18.2 Å². The molecule has 0 bridgehead atoms. The first-order valence-corrected chi connectivity index (χ1v) is 7.30. The fourth-order valence-electron chi connectivity index (χ4n) is 1.81. The molecule has 0 spiro atoms. The molecule has 7 nitrogen and oxygen atoms in total. The molecule has 0 aliphatic carbocycles. The number of hydrogen-bond acceptors (Lipinski definition) is 5. The van der Waals surface area contributed by atoms with Crippen LogP contribution in [0, 0.1) is 10.1 Å². The van der Waals surface area contributed by atoms with Crippen molar-refractivity contribution in [1.29, 1.82) is 0 Å². The Morgan fingerprint density at radius 3 is 2.65 bits per heavy atom. The molecule has 0 aliphatic rings. The third-order valence-electron chi connectivity index (χ3n) is 2.86. The fraction of sp³-hybridized carbons (Fsp3) is 0.133. The summed E-state index contributed by atoms with van der Waals surface area (Å²) < 4.78 is 11.0. The lowest BCUT2D eigenvalue weighted by Crippen LogP contribution is -2.20. The van der Waals surface area contributed by atoms with Gasteiger partial charge in [0.2, 0.25) is 0 Å². The number of anilines is 1. The number of carbonyl (C=O) groups is 1. The molecule has 2 rings (SSSR count). The van der Waals surface area contributed by atoms with Crippen molar-refractivity contribution in [2.75, 3.05) is 19.0 Å². The van der Waals surface area contributed by atoms with Crippen molar-refractivity contribution in [1.82, 2.24) is 0 Å². The number of nitrogens with zero attached hydrogens (tertiary/aromatic N) is 1. The first-order chi connectivity index (χ1) is 11.0. The van der Waals surface area contributed by atoms with Crippen LogP contribution in [0.15, 0.2) is 46.9 Å². The normalized spacial score (nSPS) is 10.0. The minimum Gasteiger partial charge on any atom is -0.496 e. The number of nitro benzene ring substituents is 1. The Hall–Kier alpha value is -2.61. The Morgan fingerprint density at radius 2 is 2.00 bits per heavy atom. The van der Waals surface area contributed by atoms with Crippen LogP contribution in [0.1, 0.15) is 0 Å². The Kier molecular flexibility index (Phi) is 5.53. The molecule has 0 heterocycles. The van der Waals surface area contributed by atoms with E-state index in [1.807, 2.05) is 0 Å². The molecule has 8 heteroatoms. The molecule has 0 fully saturated rings. The van der Waals surface area contributed by atoms with Gasteiger partial charge in [-0.2, -0.15) is 0 Å². The molecule has 120 valence electrons. The van der Waals surface area contributed by atoms with Gasteiger partial charge in [-0.15, -0.1) is 0 Å². The second kappa shape index (κ2) is 7.59. The van der Waals surface area contributed by atoms with Gasteiger partial charge < -0.3 is 14.8 Å². The van der Waals surface area contributed by atoms with Crippen LogP contribution in [-0.2, 0) is 4.79 Å². The molecule has 0 radical (unpaired) electrons. The van der Waals surface area contributed by atoms with E-state index < -0.39 is 10.8 Å². The zero-order valence-corrected chi connectivity index (χ0v) is 13.7. The number of methoxy groups -OCH3 is 1. The molecule has 2 aromatic carbocycles. The summed E-state index contributed by atoms with van der Waals surface area (Å²) in [4.78, 5) is 22.2. The van der Waals surface area contributed by atoms with E-state index in [4.69, 9.17) is 9.47 Å². The summed E-state index contributed by atoms with van der Waals surface area (Å²) in [5.41, 5.74) is 0.362. The van der Waals surface area contributed by atoms with E-state index >= 15 is 0 Å². The van der Waals surface area contributed by atoms with Gasteiger partial charge in [-0.1, -0.05) is 12.1 Å². The Morgan fingerprint density at radius 1 is 1.26 bits per heavy atom. The van der Waals surface area contributed by atoms with Gasteiger partial charge in [-0.05, 0) is 40.2 Å². The maximum absolute atomic E-state index is 11.9. The SMILES string of the molecule is COc1ccc(NC(=O)COc2ccccc2[N+](=O)[O-])cc1Br. The van der Waals surface area contributed by atoms with Crippen LogP contribution in [0.4, 0.5) is 11.4 Å². The van der Waals surface area contributed by atoms with Gasteiger partial charge in [0, 0.05) is 11.8 Å². The van der Waals surface area contributed by atoms with E-state index in [1.54, 1.807) is 31.4 Å². The van der Waals surface area contributed by atoms with Crippen LogP contribution in [-0.4, -0.2) is 24.5 Å². The lowest BCUT2D eigenvalue weighted by atomic mass is 10.3. The van der Waals surface area contributed by atoms with Crippen molar-refractivity contribution in [2.45, 2.75) is 0 Å². The van der Waals surface area contributed by atoms with E-state index in [0.717, 1.165) is 0 Å². The second-order valence-electron chi connectivity index (χ2n) is 4.41. The third kappa shape index (κ3) is 4.43. The zero-order chi connectivity index (χ0) is 16.8. The lowest BCUT2D eigenvalue weighted by molar-refractivity contribution is -0.385. The van der Waals surface area contributed by atoms with Crippen molar-refractivity contribution in [3.8, 4) is 11.5 Å². The molecule has 0 saturated carbocycles. The zero-order valence-electron chi connectivity index (χ0n) is 12.1. The first kappa shape index (κ1) is 16.8. The van der Waals surface area contributed by atoms with Crippen LogP contribution in [0.3, 0.4) is 0 Å². The number of halogens is 1. The predicted molar refractivity (Wildman–Crippen MR) is 87.9 cm³/mol. The van der Waals surface area contributed by atoms with Crippen LogP contribution in [0.2, 0.25) is 0 Å². The summed E-state index contributed by atoms with van der Waals surface area (Å²) in [6, 6.07) is 10.9. The molecule has 0 unspecified atom stereocenters. The maximum Gasteiger partial charge on any atom is 0.310 e. The number of benzene rings is 2. The summed E-state index contributed by atoms with van der Waals surface area (Å²) in [5, 5.41) is 13.5. The fourth-order valence-corrected chi connectivity index (χ4v) is 2.36. The molecule has 0 saturated heterocycles. The predicted octanol–water partition coefficient (Wildman–Crippen LogP) is 3.38. The van der Waals surface area contributed by atoms with Crippen LogP contribution < -0.4 is 14.8 Å². The molecular weight excluding hydrogens is 368 g/mol. The largest absolute Gasteiger partial charge is 0.496 e. The van der Waals surface area contributed by atoms with E-state index in [0.29, 0.717) is 15.9 Å². The molecule has 1 amide bonds. The Balaban J connectivity index is 1.98. The molecule has 2 aromatic rings. The van der Waals surface area contributed by atoms with Crippen molar-refractivity contribution < 1.29 is 19.2 Å². The molecule has 0 atom stereocenters. The number of nitrogens with one attached hydrogen (secondary N) is 1. The maximum atomic E-state index is 11.9. The average molecular weight is 381 g/mol. The quantitative estimate of drug-likeness (QED) is 0.612. The lowest BCUT2D eigenvalue weighted by Gasteiger charge is -2.09. The first-order valence-electron chi connectivity index (χ1n) is 6.51. The minimum absolute atomic E-state index is 0.0450. The Labute approximate surface area is 140 Å². The van der Waals surface area contributed by atoms with Gasteiger partial charge in [-0.25, -0.2) is 0 Å². The third-order valence-corrected chi connectivity index (χ3v) is 3.48. The van der Waals surface area contributed by atoms with Crippen molar-refractivity contribution in [2.24, 2.45) is 0 Å². The second-order valence-corrected chi connectivity index (χ2v) is 5.27. The number of rotatable bonds is 6. The van der Waals surface area contributed by atoms with E-state index in [2.05, 4.69) is 21.2 Å². The number of para-hydroxylation sites is 2. The number of carbonyl (C=O) groups excluding carboxylic acids is 1. The smallest absolute Gasteiger partial charge is 0.310 e. The van der Waals surface area contributed by atoms with Crippen LogP contribution >= 0.6 is 15.9 Å². The summed E-state index contributed by atoms with van der Waals surface area (Å²) in [7, 11) is 1.54. The van der Waals surface area contributed by atoms with Gasteiger partial charge in [0.1, 0.15) is 5.75 Å². The number of nitro groups is 1. The van der Waals surface area contributed by atoms with Crippen molar-refractivity contribution in [3.63, 3.8) is 0 Å². The number of ether oxygens (including phenoxy) is 2. The van der Waals surface area contributed by atoms with Crippen LogP contribution in [0.5, 0.6) is 11.5 Å². The molecule has 0 aliphatic heterocycles. The Bertz CT molecular complexity index is 736. The van der Waals surface area contributed by atoms with E-state index in [-0.39, 0.29) is 18.0 Å². The van der Waals surface area contributed by atoms with Gasteiger partial charge in [0.25, 0.3) is 5.91 Å². The van der Waals surface area contributed by atoms with Crippen LogP contribution in [0.25, 0.3) is 0 Å². The monoisotopic (exact) mass is 380 g/mol. The van der Waals surface area contributed by atoms with Crippen molar-refractivity contribution in [3.05, 3.63) is 57.1 Å².